The Morgan fingerprint density at radius 1 is 1.79 bits per heavy atom. The first-order chi connectivity index (χ1) is 6.69. The fourth-order valence-corrected chi connectivity index (χ4v) is 1.36. The topological polar surface area (TPSA) is 89.0 Å². The maximum Gasteiger partial charge on any atom is 0.226 e. The van der Waals surface area contributed by atoms with Gasteiger partial charge in [-0.2, -0.15) is 9.67 Å². The molecule has 1 aromatic rings. The number of thioether (sulfide) groups is 1. The predicted molar refractivity (Wildman–Crippen MR) is 59.3 cm³/mol. The lowest BCUT2D eigenvalue weighted by atomic mass is 10.7. The van der Waals surface area contributed by atoms with Gasteiger partial charge in [-0.25, -0.2) is 0 Å². The number of thiocarbonyl (C=S) groups is 1. The summed E-state index contributed by atoms with van der Waals surface area (Å²) in [5, 5.41) is 16.3. The number of nitrogens with zero attached hydrogens (tertiary/aromatic N) is 3. The molecule has 0 saturated carbocycles. The minimum atomic E-state index is 0.00409. The summed E-state index contributed by atoms with van der Waals surface area (Å²) in [7, 11) is 0. The van der Waals surface area contributed by atoms with E-state index in [0.717, 1.165) is 0 Å². The monoisotopic (exact) mass is 233 g/mol. The second-order valence-corrected chi connectivity index (χ2v) is 3.48. The van der Waals surface area contributed by atoms with Crippen molar-refractivity contribution in [3.63, 3.8) is 0 Å². The molecule has 0 fully saturated rings. The van der Waals surface area contributed by atoms with E-state index in [-0.39, 0.29) is 12.6 Å². The van der Waals surface area contributed by atoms with Crippen LogP contribution in [0, 0.1) is 0 Å². The number of anilines is 1. The molecule has 14 heavy (non-hydrogen) atoms. The second kappa shape index (κ2) is 5.13. The Hall–Kier alpha value is -0.860. The summed E-state index contributed by atoms with van der Waals surface area (Å²) in [5.41, 5.74) is 5.58. The maximum atomic E-state index is 8.58. The normalized spacial score (nSPS) is 10.1. The van der Waals surface area contributed by atoms with Gasteiger partial charge in [-0.1, -0.05) is 11.8 Å². The molecular formula is C6H11N5OS2. The van der Waals surface area contributed by atoms with Crippen LogP contribution in [0.5, 0.6) is 0 Å². The van der Waals surface area contributed by atoms with Crippen LogP contribution in [0.3, 0.4) is 0 Å². The number of nitrogen functional groups attached to an aromatic ring is 1. The molecule has 0 saturated heterocycles. The lowest BCUT2D eigenvalue weighted by Gasteiger charge is -2.05. The van der Waals surface area contributed by atoms with E-state index < -0.39 is 0 Å². The fraction of sp³-hybridized carbons (Fsp3) is 0.500. The standard InChI is InChI=1S/C6H11N5OS2/c1-14-5-9-4(7)11(10-5)6(13)8-2-3-12/h12H,2-3H2,1H3,(H,8,13)(H2,7,9,10). The summed E-state index contributed by atoms with van der Waals surface area (Å²) in [6, 6.07) is 0. The maximum absolute atomic E-state index is 8.58. The highest BCUT2D eigenvalue weighted by molar-refractivity contribution is 7.98. The van der Waals surface area contributed by atoms with Gasteiger partial charge in [0.2, 0.25) is 11.1 Å². The van der Waals surface area contributed by atoms with Crippen LogP contribution in [0.4, 0.5) is 5.95 Å². The second-order valence-electron chi connectivity index (χ2n) is 2.32. The molecule has 1 aromatic heterocycles. The van der Waals surface area contributed by atoms with Crippen LogP contribution in [0.25, 0.3) is 0 Å². The molecule has 0 aliphatic heterocycles. The van der Waals surface area contributed by atoms with E-state index in [1.54, 1.807) is 0 Å². The fourth-order valence-electron chi connectivity index (χ4n) is 0.778. The van der Waals surface area contributed by atoms with Gasteiger partial charge in [0, 0.05) is 6.54 Å². The van der Waals surface area contributed by atoms with Crippen molar-refractivity contribution < 1.29 is 5.11 Å². The smallest absolute Gasteiger partial charge is 0.226 e. The third-order valence-electron chi connectivity index (χ3n) is 1.38. The van der Waals surface area contributed by atoms with E-state index in [1.165, 1.54) is 16.4 Å². The Bertz CT molecular complexity index is 326. The zero-order valence-electron chi connectivity index (χ0n) is 7.60. The molecule has 0 unspecified atom stereocenters. The van der Waals surface area contributed by atoms with Gasteiger partial charge < -0.3 is 16.2 Å². The Balaban J connectivity index is 2.73. The van der Waals surface area contributed by atoms with Crippen molar-refractivity contribution in [3.8, 4) is 0 Å². The van der Waals surface area contributed by atoms with Crippen molar-refractivity contribution in [2.24, 2.45) is 0 Å². The molecule has 0 radical (unpaired) electrons. The highest BCUT2D eigenvalue weighted by atomic mass is 32.2. The number of rotatable bonds is 3. The number of hydrogen-bond donors (Lipinski definition) is 3. The van der Waals surface area contributed by atoms with Gasteiger partial charge >= 0.3 is 0 Å². The number of aliphatic hydroxyl groups excluding tert-OH is 1. The van der Waals surface area contributed by atoms with Crippen LogP contribution in [-0.4, -0.2) is 44.4 Å². The van der Waals surface area contributed by atoms with E-state index >= 15 is 0 Å². The van der Waals surface area contributed by atoms with E-state index in [1.807, 2.05) is 6.26 Å². The van der Waals surface area contributed by atoms with E-state index in [4.69, 9.17) is 23.1 Å². The van der Waals surface area contributed by atoms with E-state index in [2.05, 4.69) is 15.4 Å². The zero-order valence-corrected chi connectivity index (χ0v) is 9.23. The number of hydrogen-bond acceptors (Lipinski definition) is 6. The van der Waals surface area contributed by atoms with Gasteiger partial charge in [0.05, 0.1) is 6.61 Å². The third kappa shape index (κ3) is 2.56. The number of aliphatic hydroxyl groups is 1. The van der Waals surface area contributed by atoms with Crippen molar-refractivity contribution >= 4 is 35.0 Å². The van der Waals surface area contributed by atoms with Crippen molar-refractivity contribution in [1.82, 2.24) is 20.1 Å². The molecule has 0 bridgehead atoms. The zero-order chi connectivity index (χ0) is 10.6. The molecule has 8 heteroatoms. The summed E-state index contributed by atoms with van der Waals surface area (Å²) < 4.78 is 1.33. The largest absolute Gasteiger partial charge is 0.395 e. The molecular weight excluding hydrogens is 222 g/mol. The van der Waals surface area contributed by atoms with Crippen molar-refractivity contribution in [2.75, 3.05) is 25.1 Å². The highest BCUT2D eigenvalue weighted by Gasteiger charge is 2.09. The first kappa shape index (κ1) is 11.2. The van der Waals surface area contributed by atoms with Gasteiger partial charge in [-0.15, -0.1) is 5.10 Å². The number of aromatic nitrogens is 3. The minimum absolute atomic E-state index is 0.00409. The van der Waals surface area contributed by atoms with Crippen molar-refractivity contribution in [2.45, 2.75) is 5.16 Å². The first-order valence-electron chi connectivity index (χ1n) is 3.84. The summed E-state index contributed by atoms with van der Waals surface area (Å²) in [6.07, 6.45) is 1.85. The lowest BCUT2D eigenvalue weighted by Crippen LogP contribution is -2.32. The molecule has 78 valence electrons. The third-order valence-corrected chi connectivity index (χ3v) is 2.23. The molecule has 0 aliphatic rings. The van der Waals surface area contributed by atoms with E-state index in [0.29, 0.717) is 16.8 Å². The summed E-state index contributed by atoms with van der Waals surface area (Å²) in [5.74, 6) is 0.241. The number of nitrogens with two attached hydrogens (primary N) is 1. The molecule has 0 amide bonds. The molecule has 4 N–H and O–H groups in total. The molecule has 1 heterocycles. The Morgan fingerprint density at radius 2 is 2.50 bits per heavy atom. The number of nitrogens with one attached hydrogen (secondary N) is 1. The van der Waals surface area contributed by atoms with Crippen LogP contribution in [0.2, 0.25) is 0 Å². The average Bonchev–Trinajstić information content (AvgIpc) is 2.56. The van der Waals surface area contributed by atoms with E-state index in [9.17, 15) is 0 Å². The Kier molecular flexibility index (Phi) is 4.11. The van der Waals surface area contributed by atoms with Crippen LogP contribution in [0.15, 0.2) is 5.16 Å². The van der Waals surface area contributed by atoms with Crippen molar-refractivity contribution in [3.05, 3.63) is 0 Å². The summed E-state index contributed by atoms with van der Waals surface area (Å²) in [4.78, 5) is 3.96. The minimum Gasteiger partial charge on any atom is -0.395 e. The van der Waals surface area contributed by atoms with Gasteiger partial charge in [0.1, 0.15) is 0 Å². The highest BCUT2D eigenvalue weighted by Crippen LogP contribution is 2.10. The van der Waals surface area contributed by atoms with Crippen LogP contribution in [0.1, 0.15) is 0 Å². The summed E-state index contributed by atoms with van der Waals surface area (Å²) in [6.45, 7) is 0.372. The lowest BCUT2D eigenvalue weighted by molar-refractivity contribution is 0.300. The van der Waals surface area contributed by atoms with Gasteiger partial charge in [0.25, 0.3) is 0 Å². The van der Waals surface area contributed by atoms with Gasteiger partial charge in [0.15, 0.2) is 5.11 Å². The molecule has 0 aliphatic carbocycles. The van der Waals surface area contributed by atoms with Gasteiger partial charge in [-0.05, 0) is 18.5 Å². The molecule has 0 aromatic carbocycles. The predicted octanol–water partition coefficient (Wildman–Crippen LogP) is -0.703. The molecule has 6 nitrogen and oxygen atoms in total. The van der Waals surface area contributed by atoms with Crippen LogP contribution >= 0.6 is 24.0 Å². The van der Waals surface area contributed by atoms with Crippen LogP contribution < -0.4 is 11.1 Å². The van der Waals surface area contributed by atoms with Crippen molar-refractivity contribution in [1.29, 1.82) is 0 Å². The quantitative estimate of drug-likeness (QED) is 0.470. The Labute approximate surface area is 90.9 Å². The average molecular weight is 233 g/mol. The SMILES string of the molecule is CSc1nc(N)n(C(=S)NCCO)n1. The molecule has 1 rings (SSSR count). The summed E-state index contributed by atoms with van der Waals surface area (Å²) >= 11 is 6.37. The molecule has 0 atom stereocenters. The first-order valence-corrected chi connectivity index (χ1v) is 5.48. The van der Waals surface area contributed by atoms with Crippen LogP contribution in [-0.2, 0) is 0 Å². The Morgan fingerprint density at radius 3 is 3.00 bits per heavy atom. The molecule has 0 spiro atoms. The van der Waals surface area contributed by atoms with Gasteiger partial charge in [-0.3, -0.25) is 0 Å².